The van der Waals surface area contributed by atoms with Crippen LogP contribution >= 0.6 is 23.1 Å². The molecule has 2 saturated heterocycles. The van der Waals surface area contributed by atoms with E-state index in [4.69, 9.17) is 10.6 Å². The highest BCUT2D eigenvalue weighted by Gasteiger charge is 2.54. The van der Waals surface area contributed by atoms with Gasteiger partial charge in [-0.05, 0) is 35.8 Å². The lowest BCUT2D eigenvalue weighted by Crippen LogP contribution is -2.71. The maximum Gasteiger partial charge on any atom is 0.352 e. The fourth-order valence-electron chi connectivity index (χ4n) is 7.37. The number of nitrogens with zero attached hydrogens (tertiary/aromatic N) is 4. The van der Waals surface area contributed by atoms with Gasteiger partial charge in [0.15, 0.2) is 10.8 Å². The number of β-lactam (4-membered cyclic amide) rings is 1. The van der Waals surface area contributed by atoms with Gasteiger partial charge in [0.2, 0.25) is 11.5 Å². The second kappa shape index (κ2) is 16.1. The largest absolute Gasteiger partial charge is 0.477 e. The van der Waals surface area contributed by atoms with Gasteiger partial charge in [0.1, 0.15) is 28.6 Å². The van der Waals surface area contributed by atoms with E-state index in [1.54, 1.807) is 22.4 Å². The van der Waals surface area contributed by atoms with Crippen LogP contribution in [0.25, 0.3) is 0 Å². The van der Waals surface area contributed by atoms with E-state index in [0.717, 1.165) is 32.9 Å². The van der Waals surface area contributed by atoms with Crippen molar-refractivity contribution >= 4 is 57.6 Å². The van der Waals surface area contributed by atoms with Crippen LogP contribution in [0.1, 0.15) is 34.4 Å². The Labute approximate surface area is 340 Å². The predicted octanol–water partition coefficient (Wildman–Crippen LogP) is 5.67. The summed E-state index contributed by atoms with van der Waals surface area (Å²) in [5, 5.41) is 18.6. The summed E-state index contributed by atoms with van der Waals surface area (Å²) in [5.74, 6) is -3.31. The van der Waals surface area contributed by atoms with Gasteiger partial charge in [-0.1, -0.05) is 108 Å². The Morgan fingerprint density at radius 3 is 2.17 bits per heavy atom. The molecule has 58 heavy (non-hydrogen) atoms. The molecule has 8 rings (SSSR count). The summed E-state index contributed by atoms with van der Waals surface area (Å²) >= 11 is 2.36. The summed E-state index contributed by atoms with van der Waals surface area (Å²) in [7, 11) is 0. The van der Waals surface area contributed by atoms with Crippen LogP contribution in [0.5, 0.6) is 0 Å². The number of thiazole rings is 1. The van der Waals surface area contributed by atoms with Crippen LogP contribution in [0, 0.1) is 5.82 Å². The predicted molar refractivity (Wildman–Crippen MR) is 218 cm³/mol. The Kier molecular flexibility index (Phi) is 10.6. The summed E-state index contributed by atoms with van der Waals surface area (Å²) in [5.41, 5.74) is 7.82. The number of oxime groups is 1. The minimum absolute atomic E-state index is 0.121. The van der Waals surface area contributed by atoms with Crippen LogP contribution < -0.4 is 11.1 Å². The van der Waals surface area contributed by atoms with Crippen LogP contribution in [-0.2, 0) is 36.2 Å². The number of carbonyl (C=O) groups is 4. The van der Waals surface area contributed by atoms with Crippen LogP contribution in [0.4, 0.5) is 9.52 Å². The number of hydrogen-bond acceptors (Lipinski definition) is 10. The van der Waals surface area contributed by atoms with Crippen molar-refractivity contribution in [2.24, 2.45) is 5.16 Å². The standard InChI is InChI=1S/C43H35FN6O6S2/c44-32-18-10-11-26(21-32)23-49-20-19-27(38(49)52)22-28-24-57-40-35(39(53)50(40)36(28)41(54)55)47-37(51)34(33-25-58-42(45)46-33)48-56-43(29-12-4-1-5-13-29,30-14-6-2-7-15-30)31-16-8-3-9-17-31/h1-18,21-22,25,35,40H,19-20,23-24H2,(H2,45,46)(H,47,51)(H,54,55)/b27-22+,48-34-/t35-,40-/m1/s1. The van der Waals surface area contributed by atoms with E-state index in [1.165, 1.54) is 30.0 Å². The first-order valence-corrected chi connectivity index (χ1v) is 20.2. The van der Waals surface area contributed by atoms with Crippen molar-refractivity contribution in [3.63, 3.8) is 0 Å². The zero-order valence-electron chi connectivity index (χ0n) is 30.7. The Morgan fingerprint density at radius 2 is 1.60 bits per heavy atom. The maximum atomic E-state index is 14.3. The number of carbonyl (C=O) groups excluding carboxylic acids is 3. The number of rotatable bonds is 12. The molecule has 15 heteroatoms. The molecule has 0 unspecified atom stereocenters. The Morgan fingerprint density at radius 1 is 0.966 bits per heavy atom. The number of allylic oxidation sites excluding steroid dienone is 1. The number of nitrogen functional groups attached to an aromatic ring is 1. The van der Waals surface area contributed by atoms with Gasteiger partial charge in [-0.3, -0.25) is 19.3 Å². The monoisotopic (exact) mass is 814 g/mol. The van der Waals surface area contributed by atoms with Gasteiger partial charge >= 0.3 is 5.97 Å². The molecule has 0 saturated carbocycles. The molecular formula is C43H35FN6O6S2. The number of aromatic nitrogens is 1. The fraction of sp³-hybridized carbons (Fsp3) is 0.163. The lowest BCUT2D eigenvalue weighted by Gasteiger charge is -2.49. The third kappa shape index (κ3) is 7.25. The molecular weight excluding hydrogens is 780 g/mol. The number of fused-ring (bicyclic) bond motifs is 1. The van der Waals surface area contributed by atoms with Crippen molar-refractivity contribution in [1.82, 2.24) is 20.1 Å². The van der Waals surface area contributed by atoms with E-state index < -0.39 is 40.6 Å². The van der Waals surface area contributed by atoms with Gasteiger partial charge < -0.3 is 25.9 Å². The van der Waals surface area contributed by atoms with E-state index >= 15 is 0 Å². The molecule has 12 nitrogen and oxygen atoms in total. The molecule has 1 aromatic heterocycles. The number of carboxylic acids is 1. The van der Waals surface area contributed by atoms with Gasteiger partial charge in [0, 0.05) is 46.5 Å². The minimum Gasteiger partial charge on any atom is -0.477 e. The molecule has 3 amide bonds. The molecule has 4 N–H and O–H groups in total. The molecule has 5 aromatic rings. The summed E-state index contributed by atoms with van der Waals surface area (Å²) in [6.07, 6.45) is 1.89. The Balaban J connectivity index is 1.07. The van der Waals surface area contributed by atoms with Gasteiger partial charge in [-0.2, -0.15) is 0 Å². The van der Waals surface area contributed by atoms with E-state index in [1.807, 2.05) is 91.0 Å². The highest BCUT2D eigenvalue weighted by Crippen LogP contribution is 2.43. The molecule has 4 heterocycles. The van der Waals surface area contributed by atoms with Crippen molar-refractivity contribution in [2.75, 3.05) is 18.0 Å². The second-order valence-electron chi connectivity index (χ2n) is 13.7. The average Bonchev–Trinajstić information content (AvgIpc) is 3.82. The second-order valence-corrected chi connectivity index (χ2v) is 15.7. The molecule has 0 spiro atoms. The summed E-state index contributed by atoms with van der Waals surface area (Å²) < 4.78 is 13.8. The number of aliphatic carboxylic acids is 1. The van der Waals surface area contributed by atoms with E-state index in [-0.39, 0.29) is 40.4 Å². The first kappa shape index (κ1) is 38.3. The Hall–Kier alpha value is -6.58. The fourth-order valence-corrected chi connectivity index (χ4v) is 9.23. The number of thioether (sulfide) groups is 1. The molecule has 3 aliphatic heterocycles. The van der Waals surface area contributed by atoms with Crippen molar-refractivity contribution in [3.05, 3.63) is 177 Å². The topological polar surface area (TPSA) is 168 Å². The van der Waals surface area contributed by atoms with E-state index in [0.29, 0.717) is 29.7 Å². The van der Waals surface area contributed by atoms with E-state index in [2.05, 4.69) is 15.5 Å². The zero-order valence-corrected chi connectivity index (χ0v) is 32.3. The highest BCUT2D eigenvalue weighted by molar-refractivity contribution is 8.00. The highest BCUT2D eigenvalue weighted by atomic mass is 32.2. The van der Waals surface area contributed by atoms with Crippen molar-refractivity contribution in [3.8, 4) is 0 Å². The molecule has 3 aliphatic rings. The molecule has 0 aliphatic carbocycles. The van der Waals surface area contributed by atoms with Crippen molar-refractivity contribution in [2.45, 2.75) is 30.0 Å². The number of anilines is 1. The maximum absolute atomic E-state index is 14.3. The SMILES string of the molecule is Nc1nc(/C(=N/OC(c2ccccc2)(c2ccccc2)c2ccccc2)C(=O)N[C@@H]2C(=O)N3C(C(=O)O)=C(/C=C4\CCN(Cc5cccc(F)c5)C4=O)CS[C@H]23)cs1. The number of amides is 3. The minimum atomic E-state index is -1.34. The molecule has 292 valence electrons. The molecule has 0 radical (unpaired) electrons. The first-order valence-electron chi connectivity index (χ1n) is 18.2. The molecule has 2 fully saturated rings. The quantitative estimate of drug-likeness (QED) is 0.0473. The van der Waals surface area contributed by atoms with Crippen molar-refractivity contribution in [1.29, 1.82) is 0 Å². The summed E-state index contributed by atoms with van der Waals surface area (Å²) in [6.45, 7) is 0.585. The first-order chi connectivity index (χ1) is 28.1. The van der Waals surface area contributed by atoms with Crippen molar-refractivity contribution < 1.29 is 33.5 Å². The molecule has 4 aromatic carbocycles. The van der Waals surface area contributed by atoms with Gasteiger partial charge in [-0.25, -0.2) is 14.2 Å². The number of hydrogen-bond donors (Lipinski definition) is 3. The van der Waals surface area contributed by atoms with Gasteiger partial charge in [-0.15, -0.1) is 23.1 Å². The third-order valence-electron chi connectivity index (χ3n) is 10.1. The van der Waals surface area contributed by atoms with Crippen LogP contribution in [0.15, 0.2) is 149 Å². The summed E-state index contributed by atoms with van der Waals surface area (Å²) in [4.78, 5) is 67.6. The number of nitrogens with two attached hydrogens (primary N) is 1. The number of nitrogens with one attached hydrogen (secondary N) is 1. The number of halogens is 1. The average molecular weight is 815 g/mol. The van der Waals surface area contributed by atoms with E-state index in [9.17, 15) is 28.7 Å². The molecule has 0 bridgehead atoms. The Bertz CT molecular complexity index is 2400. The van der Waals surface area contributed by atoms with Crippen LogP contribution in [0.2, 0.25) is 0 Å². The number of likely N-dealkylation sites (tertiary alicyclic amines) is 1. The van der Waals surface area contributed by atoms with Crippen LogP contribution in [0.3, 0.4) is 0 Å². The lowest BCUT2D eigenvalue weighted by molar-refractivity contribution is -0.150. The smallest absolute Gasteiger partial charge is 0.352 e. The van der Waals surface area contributed by atoms with Gasteiger partial charge in [0.05, 0.1) is 0 Å². The van der Waals surface area contributed by atoms with Crippen LogP contribution in [-0.4, -0.2) is 73.0 Å². The number of carboxylic acid groups (broad SMARTS) is 1. The van der Waals surface area contributed by atoms with Gasteiger partial charge in [0.25, 0.3) is 11.8 Å². The zero-order chi connectivity index (χ0) is 40.4. The summed E-state index contributed by atoms with van der Waals surface area (Å²) in [6, 6.07) is 33.2. The number of benzene rings is 4. The molecule has 2 atom stereocenters. The lowest BCUT2D eigenvalue weighted by atomic mass is 9.80. The third-order valence-corrected chi connectivity index (χ3v) is 12.1. The normalized spacial score (nSPS) is 18.9.